The van der Waals surface area contributed by atoms with Crippen LogP contribution in [0.1, 0.15) is 18.4 Å². The fraction of sp³-hybridized carbons (Fsp3) is 0.294. The Bertz CT molecular complexity index is 660. The number of anilines is 1. The predicted molar refractivity (Wildman–Crippen MR) is 89.4 cm³/mol. The number of carbonyl (C=O) groups excluding carboxylic acids is 1. The summed E-state index contributed by atoms with van der Waals surface area (Å²) in [5, 5.41) is 6.65. The summed E-state index contributed by atoms with van der Waals surface area (Å²) >= 11 is 6.01. The zero-order valence-corrected chi connectivity index (χ0v) is 13.3. The van der Waals surface area contributed by atoms with Crippen molar-refractivity contribution in [1.82, 2.24) is 10.3 Å². The average Bonchev–Trinajstić information content (AvgIpc) is 2.54. The Labute approximate surface area is 140 Å². The van der Waals surface area contributed by atoms with Crippen molar-refractivity contribution >= 4 is 23.4 Å². The molecule has 3 rings (SSSR count). The van der Waals surface area contributed by atoms with Crippen molar-refractivity contribution in [2.75, 3.05) is 5.32 Å². The summed E-state index contributed by atoms with van der Waals surface area (Å²) in [5.41, 5.74) is 1.80. The highest BCUT2D eigenvalue weighted by molar-refractivity contribution is 6.31. The van der Waals surface area contributed by atoms with Crippen LogP contribution >= 0.6 is 11.6 Å². The Morgan fingerprint density at radius 2 is 1.96 bits per heavy atom. The number of aromatic nitrogens is 1. The number of nitrogens with one attached hydrogen (secondary N) is 2. The normalized spacial score (nSPS) is 19.5. The topological polar surface area (TPSA) is 63.2 Å². The smallest absolute Gasteiger partial charge is 0.407 e. The van der Waals surface area contributed by atoms with Crippen LogP contribution in [0.3, 0.4) is 0 Å². The van der Waals surface area contributed by atoms with Gasteiger partial charge in [-0.25, -0.2) is 9.78 Å². The van der Waals surface area contributed by atoms with Crippen molar-refractivity contribution < 1.29 is 9.53 Å². The quantitative estimate of drug-likeness (QED) is 0.822. The highest BCUT2D eigenvalue weighted by atomic mass is 35.5. The van der Waals surface area contributed by atoms with Crippen molar-refractivity contribution in [3.63, 3.8) is 0 Å². The van der Waals surface area contributed by atoms with Gasteiger partial charge in [-0.3, -0.25) is 0 Å². The van der Waals surface area contributed by atoms with Gasteiger partial charge in [0, 0.05) is 18.3 Å². The van der Waals surface area contributed by atoms with Gasteiger partial charge in [0.25, 0.3) is 0 Å². The van der Waals surface area contributed by atoms with Gasteiger partial charge in [0.15, 0.2) is 5.15 Å². The van der Waals surface area contributed by atoms with E-state index < -0.39 is 0 Å². The van der Waals surface area contributed by atoms with E-state index in [-0.39, 0.29) is 24.8 Å². The molecule has 1 fully saturated rings. The van der Waals surface area contributed by atoms with Crippen LogP contribution in [0.5, 0.6) is 0 Å². The van der Waals surface area contributed by atoms with E-state index in [1.807, 2.05) is 42.5 Å². The molecule has 1 saturated carbocycles. The third-order valence-corrected chi connectivity index (χ3v) is 4.09. The van der Waals surface area contributed by atoms with Gasteiger partial charge >= 0.3 is 6.09 Å². The molecule has 0 spiro atoms. The van der Waals surface area contributed by atoms with Gasteiger partial charge in [-0.05, 0) is 30.5 Å². The number of pyridine rings is 1. The lowest BCUT2D eigenvalue weighted by atomic mass is 9.87. The molecule has 1 heterocycles. The molecule has 1 aromatic carbocycles. The number of ether oxygens (including phenoxy) is 1. The van der Waals surface area contributed by atoms with E-state index in [1.54, 1.807) is 6.20 Å². The minimum atomic E-state index is -0.378. The second-order valence-electron chi connectivity index (χ2n) is 5.56. The number of amides is 1. The van der Waals surface area contributed by atoms with Crippen LogP contribution in [-0.4, -0.2) is 23.2 Å². The first-order chi connectivity index (χ1) is 11.2. The maximum Gasteiger partial charge on any atom is 0.407 e. The Morgan fingerprint density at radius 3 is 2.70 bits per heavy atom. The molecule has 1 aliphatic rings. The lowest BCUT2D eigenvalue weighted by Crippen LogP contribution is -2.49. The van der Waals surface area contributed by atoms with Crippen molar-refractivity contribution in [3.8, 4) is 0 Å². The lowest BCUT2D eigenvalue weighted by Gasteiger charge is -2.36. The summed E-state index contributed by atoms with van der Waals surface area (Å²) in [4.78, 5) is 15.8. The summed E-state index contributed by atoms with van der Waals surface area (Å²) < 4.78 is 5.21. The summed E-state index contributed by atoms with van der Waals surface area (Å²) in [6, 6.07) is 13.8. The van der Waals surface area contributed by atoms with E-state index in [9.17, 15) is 4.79 Å². The average molecular weight is 332 g/mol. The number of alkyl carbamates (subject to hydrolysis) is 1. The maximum atomic E-state index is 11.8. The van der Waals surface area contributed by atoms with Crippen LogP contribution < -0.4 is 10.6 Å². The van der Waals surface area contributed by atoms with Crippen molar-refractivity contribution in [2.24, 2.45) is 0 Å². The van der Waals surface area contributed by atoms with Gasteiger partial charge in [0.1, 0.15) is 6.61 Å². The molecule has 0 atom stereocenters. The van der Waals surface area contributed by atoms with E-state index in [4.69, 9.17) is 16.3 Å². The predicted octanol–water partition coefficient (Wildman–Crippen LogP) is 3.60. The largest absolute Gasteiger partial charge is 0.445 e. The molecule has 6 heteroatoms. The first-order valence-corrected chi connectivity index (χ1v) is 7.93. The molecule has 1 aromatic heterocycles. The van der Waals surface area contributed by atoms with Crippen molar-refractivity contribution in [2.45, 2.75) is 31.5 Å². The van der Waals surface area contributed by atoms with Crippen LogP contribution in [0, 0.1) is 0 Å². The van der Waals surface area contributed by atoms with Crippen LogP contribution in [0.2, 0.25) is 5.15 Å². The molecular weight excluding hydrogens is 314 g/mol. The molecule has 0 saturated heterocycles. The van der Waals surface area contributed by atoms with Crippen LogP contribution in [0.25, 0.3) is 0 Å². The van der Waals surface area contributed by atoms with Gasteiger partial charge in [-0.1, -0.05) is 41.9 Å². The third-order valence-electron chi connectivity index (χ3n) is 3.79. The van der Waals surface area contributed by atoms with E-state index in [0.717, 1.165) is 24.1 Å². The number of halogens is 1. The number of hydrogen-bond donors (Lipinski definition) is 2. The molecule has 0 unspecified atom stereocenters. The molecule has 5 nitrogen and oxygen atoms in total. The van der Waals surface area contributed by atoms with Gasteiger partial charge in [0.05, 0.1) is 5.69 Å². The van der Waals surface area contributed by atoms with E-state index >= 15 is 0 Å². The second-order valence-corrected chi connectivity index (χ2v) is 5.92. The number of benzene rings is 1. The summed E-state index contributed by atoms with van der Waals surface area (Å²) in [5.74, 6) is 0. The van der Waals surface area contributed by atoms with Crippen molar-refractivity contribution in [3.05, 3.63) is 59.4 Å². The van der Waals surface area contributed by atoms with Gasteiger partial charge < -0.3 is 15.4 Å². The number of rotatable bonds is 5. The summed E-state index contributed by atoms with van der Waals surface area (Å²) in [7, 11) is 0. The van der Waals surface area contributed by atoms with Crippen molar-refractivity contribution in [1.29, 1.82) is 0 Å². The number of nitrogens with zero attached hydrogens (tertiary/aromatic N) is 1. The van der Waals surface area contributed by atoms with Crippen LogP contribution in [0.4, 0.5) is 10.5 Å². The molecule has 1 amide bonds. The molecule has 120 valence electrons. The fourth-order valence-corrected chi connectivity index (χ4v) is 2.67. The molecule has 23 heavy (non-hydrogen) atoms. The first-order valence-electron chi connectivity index (χ1n) is 7.55. The SMILES string of the molecule is O=C(NC1CC(Nc2cccnc2Cl)C1)OCc1ccccc1. The highest BCUT2D eigenvalue weighted by Gasteiger charge is 2.31. The lowest BCUT2D eigenvalue weighted by molar-refractivity contribution is 0.129. The maximum absolute atomic E-state index is 11.8. The zero-order chi connectivity index (χ0) is 16.1. The zero-order valence-electron chi connectivity index (χ0n) is 12.5. The molecule has 1 aliphatic carbocycles. The van der Waals surface area contributed by atoms with E-state index in [0.29, 0.717) is 5.15 Å². The molecular formula is C17H18ClN3O2. The standard InChI is InChI=1S/C17H18ClN3O2/c18-16-15(7-4-8-19-16)20-13-9-14(10-13)21-17(22)23-11-12-5-2-1-3-6-12/h1-8,13-14,20H,9-11H2,(H,21,22). The Balaban J connectivity index is 1.37. The third kappa shape index (κ3) is 4.36. The van der Waals surface area contributed by atoms with E-state index in [1.165, 1.54) is 0 Å². The fourth-order valence-electron chi connectivity index (χ4n) is 2.50. The Hall–Kier alpha value is -2.27. The molecule has 0 aliphatic heterocycles. The van der Waals surface area contributed by atoms with E-state index in [2.05, 4.69) is 15.6 Å². The Kier molecular flexibility index (Phi) is 4.98. The molecule has 0 bridgehead atoms. The second kappa shape index (κ2) is 7.33. The molecule has 0 radical (unpaired) electrons. The van der Waals surface area contributed by atoms with Gasteiger partial charge in [0.2, 0.25) is 0 Å². The monoisotopic (exact) mass is 331 g/mol. The molecule has 2 N–H and O–H groups in total. The number of carbonyl (C=O) groups is 1. The number of hydrogen-bond acceptors (Lipinski definition) is 4. The minimum Gasteiger partial charge on any atom is -0.445 e. The van der Waals surface area contributed by atoms with Gasteiger partial charge in [-0.15, -0.1) is 0 Å². The van der Waals surface area contributed by atoms with Gasteiger partial charge in [-0.2, -0.15) is 0 Å². The first kappa shape index (κ1) is 15.6. The summed E-state index contributed by atoms with van der Waals surface area (Å²) in [6.07, 6.45) is 2.95. The Morgan fingerprint density at radius 1 is 1.17 bits per heavy atom. The summed E-state index contributed by atoms with van der Waals surface area (Å²) in [6.45, 7) is 0.284. The minimum absolute atomic E-state index is 0.131. The van der Waals surface area contributed by atoms with Crippen LogP contribution in [-0.2, 0) is 11.3 Å². The molecule has 2 aromatic rings. The van der Waals surface area contributed by atoms with Crippen LogP contribution in [0.15, 0.2) is 48.7 Å². The highest BCUT2D eigenvalue weighted by Crippen LogP contribution is 2.27.